The summed E-state index contributed by atoms with van der Waals surface area (Å²) in [4.78, 5) is 0.0165. The molecule has 0 aliphatic carbocycles. The van der Waals surface area contributed by atoms with Gasteiger partial charge >= 0.3 is 0 Å². The number of aliphatic hydroxyl groups is 1. The Hall–Kier alpha value is -1.12. The normalized spacial score (nSPS) is 12.2. The molecule has 0 saturated heterocycles. The Morgan fingerprint density at radius 2 is 2.05 bits per heavy atom. The van der Waals surface area contributed by atoms with Crippen LogP contribution in [0.15, 0.2) is 11.1 Å². The SMILES string of the molecule is CCCN(CCO)S(=O)(=O)c1cn(CCC)nc1N. The molecule has 0 amide bonds. The second kappa shape index (κ2) is 6.88. The summed E-state index contributed by atoms with van der Waals surface area (Å²) < 4.78 is 27.6. The minimum Gasteiger partial charge on any atom is -0.395 e. The van der Waals surface area contributed by atoms with Gasteiger partial charge in [0.25, 0.3) is 0 Å². The minimum absolute atomic E-state index is 0.00694. The number of aryl methyl sites for hydroxylation is 1. The first-order valence-electron chi connectivity index (χ1n) is 6.41. The van der Waals surface area contributed by atoms with Crippen LogP contribution in [0, 0.1) is 0 Å². The van der Waals surface area contributed by atoms with Crippen molar-refractivity contribution < 1.29 is 13.5 Å². The number of nitrogens with zero attached hydrogens (tertiary/aromatic N) is 3. The Morgan fingerprint density at radius 1 is 1.37 bits per heavy atom. The van der Waals surface area contributed by atoms with Gasteiger partial charge < -0.3 is 10.8 Å². The first kappa shape index (κ1) is 15.9. The fourth-order valence-corrected chi connectivity index (χ4v) is 3.40. The zero-order valence-corrected chi connectivity index (χ0v) is 12.2. The zero-order chi connectivity index (χ0) is 14.5. The molecule has 110 valence electrons. The summed E-state index contributed by atoms with van der Waals surface area (Å²) in [5.41, 5.74) is 5.69. The summed E-state index contributed by atoms with van der Waals surface area (Å²) in [7, 11) is -3.69. The van der Waals surface area contributed by atoms with Crippen LogP contribution in [0.3, 0.4) is 0 Å². The highest BCUT2D eigenvalue weighted by molar-refractivity contribution is 7.89. The van der Waals surface area contributed by atoms with E-state index >= 15 is 0 Å². The van der Waals surface area contributed by atoms with Gasteiger partial charge in [0, 0.05) is 25.8 Å². The lowest BCUT2D eigenvalue weighted by Crippen LogP contribution is -2.34. The maximum atomic E-state index is 12.4. The summed E-state index contributed by atoms with van der Waals surface area (Å²) in [5.74, 6) is 0.00694. The molecule has 0 fully saturated rings. The number of hydrogen-bond donors (Lipinski definition) is 2. The van der Waals surface area contributed by atoms with Crippen molar-refractivity contribution in [3.8, 4) is 0 Å². The average Bonchev–Trinajstić information content (AvgIpc) is 2.71. The minimum atomic E-state index is -3.69. The van der Waals surface area contributed by atoms with Crippen molar-refractivity contribution in [3.63, 3.8) is 0 Å². The predicted molar refractivity (Wildman–Crippen MR) is 73.1 cm³/mol. The van der Waals surface area contributed by atoms with Crippen LogP contribution >= 0.6 is 0 Å². The summed E-state index contributed by atoms with van der Waals surface area (Å²) in [6.45, 7) is 4.66. The van der Waals surface area contributed by atoms with Gasteiger partial charge in [-0.2, -0.15) is 9.40 Å². The third-order valence-electron chi connectivity index (χ3n) is 2.65. The molecular formula is C11H22N4O3S. The number of aromatic nitrogens is 2. The van der Waals surface area contributed by atoms with Crippen LogP contribution in [0.5, 0.6) is 0 Å². The summed E-state index contributed by atoms with van der Waals surface area (Å²) in [6, 6.07) is 0. The molecule has 0 aliphatic heterocycles. The molecule has 19 heavy (non-hydrogen) atoms. The Morgan fingerprint density at radius 3 is 2.58 bits per heavy atom. The Labute approximate surface area is 114 Å². The third-order valence-corrected chi connectivity index (χ3v) is 4.56. The molecule has 0 aliphatic rings. The highest BCUT2D eigenvalue weighted by Gasteiger charge is 2.27. The van der Waals surface area contributed by atoms with E-state index in [0.717, 1.165) is 6.42 Å². The van der Waals surface area contributed by atoms with Crippen LogP contribution in [0.2, 0.25) is 0 Å². The van der Waals surface area contributed by atoms with Crippen LogP contribution in [0.25, 0.3) is 0 Å². The lowest BCUT2D eigenvalue weighted by molar-refractivity contribution is 0.253. The summed E-state index contributed by atoms with van der Waals surface area (Å²) in [5, 5.41) is 13.0. The molecule has 0 radical (unpaired) electrons. The van der Waals surface area contributed by atoms with Crippen LogP contribution in [-0.2, 0) is 16.6 Å². The maximum Gasteiger partial charge on any atom is 0.248 e. The van der Waals surface area contributed by atoms with Crippen molar-refractivity contribution in [2.24, 2.45) is 0 Å². The van der Waals surface area contributed by atoms with Crippen molar-refractivity contribution in [2.75, 3.05) is 25.4 Å². The molecule has 0 unspecified atom stereocenters. The lowest BCUT2D eigenvalue weighted by Gasteiger charge is -2.19. The first-order valence-corrected chi connectivity index (χ1v) is 7.85. The van der Waals surface area contributed by atoms with Gasteiger partial charge in [-0.05, 0) is 12.8 Å². The van der Waals surface area contributed by atoms with Crippen LogP contribution in [0.1, 0.15) is 26.7 Å². The van der Waals surface area contributed by atoms with Gasteiger partial charge in [-0.3, -0.25) is 4.68 Å². The van der Waals surface area contributed by atoms with E-state index in [1.807, 2.05) is 13.8 Å². The molecule has 1 rings (SSSR count). The van der Waals surface area contributed by atoms with Crippen molar-refractivity contribution in [1.29, 1.82) is 0 Å². The van der Waals surface area contributed by atoms with E-state index in [-0.39, 0.29) is 23.9 Å². The Balaban J connectivity index is 3.09. The molecule has 0 aromatic carbocycles. The molecule has 8 heteroatoms. The average molecular weight is 290 g/mol. The van der Waals surface area contributed by atoms with Crippen molar-refractivity contribution in [2.45, 2.75) is 38.1 Å². The number of anilines is 1. The summed E-state index contributed by atoms with van der Waals surface area (Å²) >= 11 is 0. The molecule has 0 saturated carbocycles. The van der Waals surface area contributed by atoms with E-state index in [9.17, 15) is 8.42 Å². The largest absolute Gasteiger partial charge is 0.395 e. The van der Waals surface area contributed by atoms with E-state index in [2.05, 4.69) is 5.10 Å². The second-order valence-electron chi connectivity index (χ2n) is 4.27. The van der Waals surface area contributed by atoms with Gasteiger partial charge in [0.1, 0.15) is 4.90 Å². The standard InChI is InChI=1S/C11H22N4O3S/c1-3-5-14-9-10(11(12)13-14)19(17,18)15(6-4-2)7-8-16/h9,16H,3-8H2,1-2H3,(H2,12,13). The smallest absolute Gasteiger partial charge is 0.248 e. The first-order chi connectivity index (χ1) is 8.97. The molecule has 0 bridgehead atoms. The lowest BCUT2D eigenvalue weighted by atomic mass is 10.5. The molecule has 1 aromatic heterocycles. The summed E-state index contributed by atoms with van der Waals surface area (Å²) in [6.07, 6.45) is 2.96. The number of sulfonamides is 1. The monoisotopic (exact) mass is 290 g/mol. The van der Waals surface area contributed by atoms with E-state index < -0.39 is 10.0 Å². The highest BCUT2D eigenvalue weighted by atomic mass is 32.2. The zero-order valence-electron chi connectivity index (χ0n) is 11.4. The van der Waals surface area contributed by atoms with E-state index in [0.29, 0.717) is 19.5 Å². The van der Waals surface area contributed by atoms with E-state index in [1.54, 1.807) is 0 Å². The number of hydrogen-bond acceptors (Lipinski definition) is 5. The van der Waals surface area contributed by atoms with Crippen molar-refractivity contribution >= 4 is 15.8 Å². The van der Waals surface area contributed by atoms with Crippen molar-refractivity contribution in [3.05, 3.63) is 6.20 Å². The molecule has 0 atom stereocenters. The Bertz CT molecular complexity index is 492. The fourth-order valence-electron chi connectivity index (χ4n) is 1.81. The van der Waals surface area contributed by atoms with E-state index in [1.165, 1.54) is 15.2 Å². The van der Waals surface area contributed by atoms with Crippen LogP contribution in [0.4, 0.5) is 5.82 Å². The number of rotatable bonds is 8. The van der Waals surface area contributed by atoms with Gasteiger partial charge in [0.15, 0.2) is 5.82 Å². The van der Waals surface area contributed by atoms with Gasteiger partial charge in [0.2, 0.25) is 10.0 Å². The third kappa shape index (κ3) is 3.68. The quantitative estimate of drug-likeness (QED) is 0.715. The van der Waals surface area contributed by atoms with Crippen LogP contribution < -0.4 is 5.73 Å². The Kier molecular flexibility index (Phi) is 5.77. The number of nitrogen functional groups attached to an aromatic ring is 1. The predicted octanol–water partition coefficient (Wildman–Crippen LogP) is 0.268. The second-order valence-corrected chi connectivity index (χ2v) is 6.18. The van der Waals surface area contributed by atoms with Gasteiger partial charge in [0.05, 0.1) is 6.61 Å². The fraction of sp³-hybridized carbons (Fsp3) is 0.727. The van der Waals surface area contributed by atoms with E-state index in [4.69, 9.17) is 10.8 Å². The number of aliphatic hydroxyl groups excluding tert-OH is 1. The topological polar surface area (TPSA) is 101 Å². The van der Waals surface area contributed by atoms with Crippen molar-refractivity contribution in [1.82, 2.24) is 14.1 Å². The molecule has 1 heterocycles. The molecule has 0 spiro atoms. The van der Waals surface area contributed by atoms with Gasteiger partial charge in [-0.25, -0.2) is 8.42 Å². The molecule has 1 aromatic rings. The van der Waals surface area contributed by atoms with Gasteiger partial charge in [-0.1, -0.05) is 13.8 Å². The van der Waals surface area contributed by atoms with Gasteiger partial charge in [-0.15, -0.1) is 0 Å². The molecule has 7 nitrogen and oxygen atoms in total. The molecular weight excluding hydrogens is 268 g/mol. The highest BCUT2D eigenvalue weighted by Crippen LogP contribution is 2.21. The number of nitrogens with two attached hydrogens (primary N) is 1. The van der Waals surface area contributed by atoms with Crippen LogP contribution in [-0.4, -0.2) is 47.3 Å². The maximum absolute atomic E-state index is 12.4. The molecule has 3 N–H and O–H groups in total.